The topological polar surface area (TPSA) is 8.81 Å². The summed E-state index contributed by atoms with van der Waals surface area (Å²) in [4.78, 5) is 0. The highest BCUT2D eigenvalue weighted by atomic mass is 32.2. The van der Waals surface area contributed by atoms with Gasteiger partial charge in [-0.05, 0) is 18.1 Å². The van der Waals surface area contributed by atoms with Crippen LogP contribution in [-0.4, -0.2) is 16.1 Å². The molecule has 1 aromatic rings. The molecule has 0 aromatic carbocycles. The van der Waals surface area contributed by atoms with Crippen LogP contribution in [0.2, 0.25) is 0 Å². The van der Waals surface area contributed by atoms with Crippen LogP contribution in [0.1, 0.15) is 6.92 Å². The zero-order valence-corrected chi connectivity index (χ0v) is 7.90. The molecular formula is C8H14N2S. The molecule has 0 bridgehead atoms. The molecule has 2 nitrogen and oxygen atoms in total. The summed E-state index contributed by atoms with van der Waals surface area (Å²) in [7, 11) is 1.99. The van der Waals surface area contributed by atoms with Gasteiger partial charge in [-0.2, -0.15) is 11.8 Å². The molecule has 1 rings (SSSR count). The van der Waals surface area contributed by atoms with E-state index in [-0.39, 0.29) is 0 Å². The van der Waals surface area contributed by atoms with Crippen molar-refractivity contribution < 1.29 is 4.57 Å². The van der Waals surface area contributed by atoms with Crippen LogP contribution in [0.4, 0.5) is 0 Å². The van der Waals surface area contributed by atoms with Crippen molar-refractivity contribution >= 4 is 11.8 Å². The van der Waals surface area contributed by atoms with Gasteiger partial charge in [-0.1, -0.05) is 6.92 Å². The first-order valence-electron chi connectivity index (χ1n) is 3.84. The largest absolute Gasteiger partial charge is 0.354 e. The molecule has 0 aliphatic rings. The molecule has 0 aliphatic heterocycles. The minimum atomic E-state index is 1.07. The Morgan fingerprint density at radius 1 is 1.64 bits per heavy atom. The fraction of sp³-hybridized carbons (Fsp3) is 0.625. The highest BCUT2D eigenvalue weighted by Gasteiger charge is 1.91. The third-order valence-corrected chi connectivity index (χ3v) is 2.32. The Hall–Kier alpha value is -0.440. The summed E-state index contributed by atoms with van der Waals surface area (Å²) in [5.41, 5.74) is 0. The number of thioether (sulfide) groups is 1. The molecule has 0 saturated heterocycles. The number of aromatic nitrogens is 2. The Labute approximate surface area is 72.2 Å². The van der Waals surface area contributed by atoms with E-state index in [4.69, 9.17) is 0 Å². The molecule has 0 radical (unpaired) electrons. The molecule has 0 unspecified atom stereocenters. The summed E-state index contributed by atoms with van der Waals surface area (Å²) in [6.07, 6.45) is 7.22. The van der Waals surface area contributed by atoms with Crippen LogP contribution in [0.3, 0.4) is 0 Å². The number of aryl methyl sites for hydroxylation is 2. The molecule has 0 fully saturated rings. The molecule has 62 valence electrons. The Kier molecular flexibility index (Phi) is 3.49. The first-order chi connectivity index (χ1) is 5.33. The fourth-order valence-electron chi connectivity index (χ4n) is 0.882. The highest BCUT2D eigenvalue weighted by molar-refractivity contribution is 7.99. The molecule has 1 aromatic heterocycles. The van der Waals surface area contributed by atoms with Crippen molar-refractivity contribution in [1.82, 2.24) is 4.57 Å². The fourth-order valence-corrected chi connectivity index (χ4v) is 1.50. The van der Waals surface area contributed by atoms with Gasteiger partial charge in [0.1, 0.15) is 0 Å². The summed E-state index contributed by atoms with van der Waals surface area (Å²) in [6, 6.07) is 0. The Balaban J connectivity index is 2.27. The minimum absolute atomic E-state index is 1.07. The van der Waals surface area contributed by atoms with Crippen LogP contribution in [0.15, 0.2) is 12.4 Å². The van der Waals surface area contributed by atoms with Gasteiger partial charge in [0.05, 0.1) is 13.6 Å². The van der Waals surface area contributed by atoms with Crippen LogP contribution in [0.25, 0.3) is 0 Å². The van der Waals surface area contributed by atoms with Crippen molar-refractivity contribution in [2.24, 2.45) is 7.05 Å². The van der Waals surface area contributed by atoms with E-state index < -0.39 is 0 Å². The quantitative estimate of drug-likeness (QED) is 0.370. The normalized spacial score (nSPS) is 10.4. The lowest BCUT2D eigenvalue weighted by Gasteiger charge is -1.98. The maximum Gasteiger partial charge on any atom is 0.203 e. The SMILES string of the molecule is CCSCCn1[c-][n+](C)cc1. The van der Waals surface area contributed by atoms with Crippen LogP contribution < -0.4 is 4.57 Å². The third kappa shape index (κ3) is 2.97. The molecule has 0 amide bonds. The Morgan fingerprint density at radius 3 is 3.00 bits per heavy atom. The van der Waals surface area contributed by atoms with E-state index in [1.54, 1.807) is 0 Å². The molecule has 0 saturated carbocycles. The van der Waals surface area contributed by atoms with Crippen molar-refractivity contribution in [1.29, 1.82) is 0 Å². The van der Waals surface area contributed by atoms with Crippen molar-refractivity contribution in [3.05, 3.63) is 18.7 Å². The van der Waals surface area contributed by atoms with Gasteiger partial charge in [-0.15, -0.1) is 0 Å². The van der Waals surface area contributed by atoms with Gasteiger partial charge in [-0.3, -0.25) is 0 Å². The Morgan fingerprint density at radius 2 is 2.45 bits per heavy atom. The number of hydrogen-bond acceptors (Lipinski definition) is 1. The van der Waals surface area contributed by atoms with Crippen LogP contribution >= 0.6 is 11.8 Å². The lowest BCUT2D eigenvalue weighted by atomic mass is 10.7. The van der Waals surface area contributed by atoms with Gasteiger partial charge in [0.15, 0.2) is 0 Å². The van der Waals surface area contributed by atoms with Gasteiger partial charge in [0.2, 0.25) is 6.33 Å². The average molecular weight is 170 g/mol. The molecule has 1 heterocycles. The first kappa shape index (κ1) is 8.65. The lowest BCUT2D eigenvalue weighted by molar-refractivity contribution is -0.675. The molecule has 3 heteroatoms. The maximum absolute atomic E-state index is 3.15. The van der Waals surface area contributed by atoms with Gasteiger partial charge in [0, 0.05) is 5.75 Å². The van der Waals surface area contributed by atoms with Crippen molar-refractivity contribution in [2.45, 2.75) is 13.5 Å². The van der Waals surface area contributed by atoms with E-state index in [0.717, 1.165) is 6.54 Å². The molecule has 11 heavy (non-hydrogen) atoms. The maximum atomic E-state index is 3.15. The predicted molar refractivity (Wildman–Crippen MR) is 47.4 cm³/mol. The van der Waals surface area contributed by atoms with Crippen LogP contribution in [0, 0.1) is 6.33 Å². The molecular weight excluding hydrogens is 156 g/mol. The van der Waals surface area contributed by atoms with Crippen LogP contribution in [0.5, 0.6) is 0 Å². The van der Waals surface area contributed by atoms with Crippen LogP contribution in [-0.2, 0) is 13.6 Å². The van der Waals surface area contributed by atoms with E-state index in [0.29, 0.717) is 0 Å². The van der Waals surface area contributed by atoms with E-state index in [1.165, 1.54) is 11.5 Å². The lowest BCUT2D eigenvalue weighted by Crippen LogP contribution is -2.24. The highest BCUT2D eigenvalue weighted by Crippen LogP contribution is 1.98. The second kappa shape index (κ2) is 4.44. The van der Waals surface area contributed by atoms with E-state index in [1.807, 2.05) is 29.6 Å². The molecule has 0 atom stereocenters. The second-order valence-corrected chi connectivity index (χ2v) is 3.79. The zero-order valence-electron chi connectivity index (χ0n) is 7.08. The van der Waals surface area contributed by atoms with E-state index in [2.05, 4.69) is 24.0 Å². The van der Waals surface area contributed by atoms with Crippen molar-refractivity contribution in [2.75, 3.05) is 11.5 Å². The smallest absolute Gasteiger partial charge is 0.203 e. The van der Waals surface area contributed by atoms with Crippen molar-refractivity contribution in [3.8, 4) is 0 Å². The van der Waals surface area contributed by atoms with Gasteiger partial charge >= 0.3 is 0 Å². The number of nitrogens with zero attached hydrogens (tertiary/aromatic N) is 2. The third-order valence-electron chi connectivity index (χ3n) is 1.44. The average Bonchev–Trinajstić information content (AvgIpc) is 2.37. The number of imidazole rings is 1. The zero-order chi connectivity index (χ0) is 8.10. The summed E-state index contributed by atoms with van der Waals surface area (Å²) in [5, 5.41) is 0. The monoisotopic (exact) mass is 170 g/mol. The van der Waals surface area contributed by atoms with Gasteiger partial charge < -0.3 is 9.13 Å². The summed E-state index contributed by atoms with van der Waals surface area (Å²) in [6.45, 7) is 3.25. The van der Waals surface area contributed by atoms with E-state index >= 15 is 0 Å². The summed E-state index contributed by atoms with van der Waals surface area (Å²) < 4.78 is 4.03. The van der Waals surface area contributed by atoms with E-state index in [9.17, 15) is 0 Å². The summed E-state index contributed by atoms with van der Waals surface area (Å²) in [5.74, 6) is 2.38. The first-order valence-corrected chi connectivity index (χ1v) is 5.00. The summed E-state index contributed by atoms with van der Waals surface area (Å²) >= 11 is 1.96. The minimum Gasteiger partial charge on any atom is -0.354 e. The standard InChI is InChI=1S/C8H14N2S/c1-3-11-7-6-10-5-4-9(2)8-10/h4-5H,3,6-7H2,1-2H3. The van der Waals surface area contributed by atoms with Gasteiger partial charge in [0.25, 0.3) is 0 Å². The Bertz CT molecular complexity index is 208. The molecule has 0 spiro atoms. The molecule has 0 aliphatic carbocycles. The predicted octanol–water partition coefficient (Wildman–Crippen LogP) is 0.866. The van der Waals surface area contributed by atoms with Gasteiger partial charge in [-0.25, -0.2) is 0 Å². The van der Waals surface area contributed by atoms with Crippen molar-refractivity contribution in [3.63, 3.8) is 0 Å². The second-order valence-electron chi connectivity index (χ2n) is 2.40. The number of rotatable bonds is 4. The number of hydrogen-bond donors (Lipinski definition) is 0. The molecule has 0 N–H and O–H groups in total.